The van der Waals surface area contributed by atoms with Gasteiger partial charge in [0.15, 0.2) is 0 Å². The minimum absolute atomic E-state index is 0.0443. The lowest BCUT2D eigenvalue weighted by molar-refractivity contribution is 0.132. The summed E-state index contributed by atoms with van der Waals surface area (Å²) in [6.45, 7) is 13.0. The van der Waals surface area contributed by atoms with Gasteiger partial charge in [0.1, 0.15) is 0 Å². The second-order valence-electron chi connectivity index (χ2n) is 4.71. The van der Waals surface area contributed by atoms with E-state index in [-0.39, 0.29) is 21.2 Å². The maximum Gasteiger partial charge on any atom is 0.430 e. The summed E-state index contributed by atoms with van der Waals surface area (Å²) >= 11 is 0.119. The molecule has 0 saturated heterocycles. The van der Waals surface area contributed by atoms with Crippen LogP contribution in [-0.2, 0) is 3.79 Å². The fraction of sp³-hybridized carbons (Fsp3) is 1.00. The Kier molecular flexibility index (Phi) is 3.42. The molecule has 10 heavy (non-hydrogen) atoms. The molecule has 0 rings (SSSR count). The van der Waals surface area contributed by atoms with E-state index in [1.54, 1.807) is 0 Å². The number of hydrogen-bond donors (Lipinski definition) is 0. The van der Waals surface area contributed by atoms with Crippen LogP contribution < -0.4 is 0 Å². The molecule has 0 aliphatic carbocycles. The molecule has 0 atom stereocenters. The molecule has 0 heterocycles. The zero-order valence-electron chi connectivity index (χ0n) is 7.99. The topological polar surface area (TPSA) is 9.23 Å². The third-order valence-corrected chi connectivity index (χ3v) is 2.30. The molecule has 1 radical (unpaired) electrons. The van der Waals surface area contributed by atoms with Crippen LogP contribution in [0.1, 0.15) is 41.5 Å². The van der Waals surface area contributed by atoms with E-state index in [1.165, 1.54) is 0 Å². The van der Waals surface area contributed by atoms with Crippen LogP contribution in [0.2, 0.25) is 4.28 Å². The molecule has 1 nitrogen and oxygen atoms in total. The highest BCUT2D eigenvalue weighted by Crippen LogP contribution is 2.22. The third kappa shape index (κ3) is 8.49. The summed E-state index contributed by atoms with van der Waals surface area (Å²) < 4.78 is 6.05. The Morgan fingerprint density at radius 1 is 0.900 bits per heavy atom. The van der Waals surface area contributed by atoms with Gasteiger partial charge in [-0.2, -0.15) is 0 Å². The average molecular weight is 157 g/mol. The van der Waals surface area contributed by atoms with Gasteiger partial charge in [-0.3, -0.25) is 0 Å². The predicted molar refractivity (Wildman–Crippen MR) is 46.3 cm³/mol. The lowest BCUT2D eigenvalue weighted by Gasteiger charge is -2.25. The highest BCUT2D eigenvalue weighted by Gasteiger charge is 2.20. The summed E-state index contributed by atoms with van der Waals surface area (Å²) in [6.07, 6.45) is 0. The van der Waals surface area contributed by atoms with Crippen LogP contribution in [0.3, 0.4) is 0 Å². The van der Waals surface area contributed by atoms with Gasteiger partial charge in [0.25, 0.3) is 0 Å². The highest BCUT2D eigenvalue weighted by atomic mass is 27.1. The van der Waals surface area contributed by atoms with Crippen molar-refractivity contribution >= 4 is 15.6 Å². The van der Waals surface area contributed by atoms with Gasteiger partial charge in [-0.1, -0.05) is 25.0 Å². The van der Waals surface area contributed by atoms with Crippen molar-refractivity contribution in [2.75, 3.05) is 0 Å². The van der Waals surface area contributed by atoms with E-state index in [2.05, 4.69) is 41.5 Å². The zero-order valence-corrected chi connectivity index (χ0v) is 9.14. The maximum absolute atomic E-state index is 5.68. The van der Waals surface area contributed by atoms with Gasteiger partial charge in [-0.05, 0) is 20.8 Å². The summed E-state index contributed by atoms with van der Waals surface area (Å²) in [6, 6.07) is 0. The Labute approximate surface area is 71.2 Å². The molecule has 0 amide bonds. The maximum atomic E-state index is 5.68. The third-order valence-electron chi connectivity index (χ3n) is 0.766. The zero-order chi connectivity index (χ0) is 8.41. The van der Waals surface area contributed by atoms with Gasteiger partial charge in [0, 0.05) is 5.60 Å². The molecular weight excluding hydrogens is 139 g/mol. The molecule has 0 fully saturated rings. The Morgan fingerprint density at radius 2 is 1.30 bits per heavy atom. The predicted octanol–water partition coefficient (Wildman–Crippen LogP) is 2.64. The largest absolute Gasteiger partial charge is 0.502 e. The standard InChI is InChI=1S/C4H9O.C4H9.Al/c1-4(2,3)5;1-4(2)3;/h1-3H3;1-3H3;/q-1;;+1. The van der Waals surface area contributed by atoms with Crippen LogP contribution in [0.25, 0.3) is 0 Å². The molecule has 0 aromatic heterocycles. The summed E-state index contributed by atoms with van der Waals surface area (Å²) in [5, 5.41) is 0. The molecule has 0 N–H and O–H groups in total. The Hall–Kier alpha value is 0.492. The summed E-state index contributed by atoms with van der Waals surface area (Å²) in [5.74, 6) is 0. The van der Waals surface area contributed by atoms with E-state index in [4.69, 9.17) is 3.79 Å². The second kappa shape index (κ2) is 3.26. The molecule has 0 aromatic rings. The molecule has 0 saturated carbocycles. The summed E-state index contributed by atoms with van der Waals surface area (Å²) in [4.78, 5) is 0. The van der Waals surface area contributed by atoms with Gasteiger partial charge in [-0.15, -0.1) is 0 Å². The van der Waals surface area contributed by atoms with E-state index in [9.17, 15) is 0 Å². The fourth-order valence-corrected chi connectivity index (χ4v) is 1.06. The lowest BCUT2D eigenvalue weighted by atomic mass is 10.2. The molecule has 59 valence electrons. The molecule has 0 aliphatic rings. The number of rotatable bonds is 1. The van der Waals surface area contributed by atoms with Crippen LogP contribution in [-0.4, -0.2) is 21.2 Å². The first-order chi connectivity index (χ1) is 4.21. The van der Waals surface area contributed by atoms with Gasteiger partial charge >= 0.3 is 15.6 Å². The van der Waals surface area contributed by atoms with Gasteiger partial charge in [-0.25, -0.2) is 0 Å². The second-order valence-corrected chi connectivity index (χ2v) is 6.92. The minimum Gasteiger partial charge on any atom is -0.502 e. The Balaban J connectivity index is 3.56. The lowest BCUT2D eigenvalue weighted by Crippen LogP contribution is -2.26. The Bertz CT molecular complexity index is 82.8. The molecular formula is C8H18AlO. The van der Waals surface area contributed by atoms with Crippen molar-refractivity contribution < 1.29 is 3.79 Å². The Morgan fingerprint density at radius 3 is 1.40 bits per heavy atom. The van der Waals surface area contributed by atoms with E-state index in [0.29, 0.717) is 4.28 Å². The van der Waals surface area contributed by atoms with Crippen LogP contribution in [0.4, 0.5) is 0 Å². The van der Waals surface area contributed by atoms with Crippen molar-refractivity contribution in [1.82, 2.24) is 0 Å². The van der Waals surface area contributed by atoms with Crippen molar-refractivity contribution in [2.24, 2.45) is 0 Å². The first-order valence-corrected chi connectivity index (χ1v) is 4.78. The van der Waals surface area contributed by atoms with E-state index in [1.807, 2.05) is 0 Å². The van der Waals surface area contributed by atoms with Crippen molar-refractivity contribution in [2.45, 2.75) is 51.4 Å². The molecule has 0 aliphatic heterocycles. The summed E-state index contributed by atoms with van der Waals surface area (Å²) in [7, 11) is 0. The van der Waals surface area contributed by atoms with Crippen molar-refractivity contribution in [3.05, 3.63) is 0 Å². The summed E-state index contributed by atoms with van der Waals surface area (Å²) in [5.41, 5.74) is 0.0443. The fourth-order valence-electron chi connectivity index (χ4n) is 0.354. The quantitative estimate of drug-likeness (QED) is 0.532. The molecule has 0 bridgehead atoms. The number of hydrogen-bond acceptors (Lipinski definition) is 1. The minimum atomic E-state index is 0.0443. The molecule has 0 spiro atoms. The first-order valence-electron chi connectivity index (χ1n) is 3.73. The first kappa shape index (κ1) is 10.5. The van der Waals surface area contributed by atoms with Gasteiger partial charge in [0.2, 0.25) is 0 Å². The SMILES string of the molecule is CC(C)(C)[O][Al][C](C)(C)C. The van der Waals surface area contributed by atoms with Gasteiger partial charge < -0.3 is 3.79 Å². The smallest absolute Gasteiger partial charge is 0.430 e. The monoisotopic (exact) mass is 157 g/mol. The highest BCUT2D eigenvalue weighted by molar-refractivity contribution is 6.31. The normalized spacial score (nSPS) is 13.4. The van der Waals surface area contributed by atoms with Gasteiger partial charge in [0.05, 0.1) is 0 Å². The van der Waals surface area contributed by atoms with Crippen molar-refractivity contribution in [1.29, 1.82) is 0 Å². The van der Waals surface area contributed by atoms with E-state index in [0.717, 1.165) is 0 Å². The van der Waals surface area contributed by atoms with Crippen LogP contribution in [0.15, 0.2) is 0 Å². The van der Waals surface area contributed by atoms with E-state index < -0.39 is 0 Å². The van der Waals surface area contributed by atoms with Crippen molar-refractivity contribution in [3.63, 3.8) is 0 Å². The van der Waals surface area contributed by atoms with E-state index >= 15 is 0 Å². The van der Waals surface area contributed by atoms with Crippen LogP contribution >= 0.6 is 0 Å². The van der Waals surface area contributed by atoms with Crippen LogP contribution in [0.5, 0.6) is 0 Å². The molecule has 0 aromatic carbocycles. The van der Waals surface area contributed by atoms with Crippen molar-refractivity contribution in [3.8, 4) is 0 Å². The van der Waals surface area contributed by atoms with Crippen LogP contribution in [0, 0.1) is 0 Å². The molecule has 0 unspecified atom stereocenters. The molecule has 2 heteroatoms. The average Bonchev–Trinajstić information content (AvgIpc) is 1.57.